The van der Waals surface area contributed by atoms with Crippen LogP contribution in [0.25, 0.3) is 0 Å². The number of likely N-dealkylation sites (N-methyl/N-ethyl adjacent to an activating group) is 1. The summed E-state index contributed by atoms with van der Waals surface area (Å²) in [6.07, 6.45) is 15.1. The molecule has 41 heavy (non-hydrogen) atoms. The maximum Gasteiger partial charge on any atom is 0.315 e. The molecule has 2 heterocycles. The normalized spacial score (nSPS) is 42.7. The molecule has 1 aromatic rings. The van der Waals surface area contributed by atoms with Gasteiger partial charge in [0.05, 0.1) is 24.2 Å². The lowest BCUT2D eigenvalue weighted by atomic mass is 9.41. The van der Waals surface area contributed by atoms with E-state index >= 15 is 0 Å². The number of rotatable bonds is 11. The van der Waals surface area contributed by atoms with E-state index in [0.717, 1.165) is 75.7 Å². The van der Waals surface area contributed by atoms with Crippen LogP contribution in [0, 0.1) is 51.8 Å². The first kappa shape index (κ1) is 29.1. The zero-order chi connectivity index (χ0) is 29.3. The van der Waals surface area contributed by atoms with Gasteiger partial charge in [-0.15, -0.1) is 0 Å². The summed E-state index contributed by atoms with van der Waals surface area (Å²) >= 11 is 0. The van der Waals surface area contributed by atoms with Crippen molar-refractivity contribution in [1.29, 1.82) is 0 Å². The number of aliphatic carboxylic acids is 1. The van der Waals surface area contributed by atoms with Gasteiger partial charge in [0.2, 0.25) is 0 Å². The number of carbonyl (C=O) groups excluding carboxylic acids is 1. The zero-order valence-electron chi connectivity index (χ0n) is 26.0. The summed E-state index contributed by atoms with van der Waals surface area (Å²) in [5.74, 6) is 1.87. The molecule has 7 unspecified atom stereocenters. The molecule has 1 aliphatic heterocycles. The largest absolute Gasteiger partial charge is 0.481 e. The van der Waals surface area contributed by atoms with Crippen LogP contribution >= 0.6 is 0 Å². The molecule has 7 heteroatoms. The van der Waals surface area contributed by atoms with E-state index in [-0.39, 0.29) is 30.0 Å². The average Bonchev–Trinajstić information content (AvgIpc) is 3.72. The number of carboxylic acids is 1. The standard InChI is InChI=1S/C34H51N3O4/c1-7-8-9-23-14-29(41-28(23)18-36(5)19-30-35-12-13-37(30)6)33-17-25-22(4)10-11-26(25)32(20-38)16-24(33)15-27(21(2)3)34(32,33)31(39)40/h12-13,15,20-26,28-29H,7-11,14,16-19H2,1-6H3,(H,39,40)/t22-,23?,24?,25-,26-,28?,29?,32?,33?,34?/m1/s1. The van der Waals surface area contributed by atoms with Gasteiger partial charge in [-0.05, 0) is 74.7 Å². The molecule has 4 aliphatic carbocycles. The fourth-order valence-corrected chi connectivity index (χ4v) is 11.1. The fourth-order valence-electron chi connectivity index (χ4n) is 11.1. The maximum absolute atomic E-state index is 14.0. The van der Waals surface area contributed by atoms with Crippen LogP contribution in [0.4, 0.5) is 0 Å². The van der Waals surface area contributed by atoms with Crippen LogP contribution in [-0.4, -0.2) is 57.6 Å². The van der Waals surface area contributed by atoms with Gasteiger partial charge in [-0.25, -0.2) is 4.98 Å². The van der Waals surface area contributed by atoms with Gasteiger partial charge in [0, 0.05) is 31.4 Å². The Labute approximate surface area is 246 Å². The van der Waals surface area contributed by atoms with Crippen molar-refractivity contribution in [3.63, 3.8) is 0 Å². The molecule has 3 saturated carbocycles. The number of hydrogen-bond acceptors (Lipinski definition) is 5. The molecule has 7 nitrogen and oxygen atoms in total. The fraction of sp³-hybridized carbons (Fsp3) is 0.794. The highest BCUT2D eigenvalue weighted by molar-refractivity contribution is 5.90. The Kier molecular flexibility index (Phi) is 7.33. The molecular weight excluding hydrogens is 514 g/mol. The molecule has 1 aromatic heterocycles. The molecule has 6 rings (SSSR count). The lowest BCUT2D eigenvalue weighted by molar-refractivity contribution is -0.197. The molecule has 0 aromatic carbocycles. The Morgan fingerprint density at radius 1 is 1.32 bits per heavy atom. The molecule has 1 saturated heterocycles. The van der Waals surface area contributed by atoms with Crippen molar-refractivity contribution in [1.82, 2.24) is 14.5 Å². The lowest BCUT2D eigenvalue weighted by Crippen LogP contribution is -2.65. The third kappa shape index (κ3) is 3.79. The second-order valence-electron chi connectivity index (χ2n) is 14.8. The molecule has 0 spiro atoms. The number of ether oxygens (including phenoxy) is 1. The van der Waals surface area contributed by atoms with Gasteiger partial charge in [-0.1, -0.05) is 58.6 Å². The summed E-state index contributed by atoms with van der Waals surface area (Å²) in [5, 5.41) is 11.4. The summed E-state index contributed by atoms with van der Waals surface area (Å²) in [6, 6.07) is 0. The van der Waals surface area contributed by atoms with Crippen LogP contribution in [0.1, 0.15) is 84.9 Å². The second kappa shape index (κ2) is 10.3. The third-order valence-corrected chi connectivity index (χ3v) is 12.7. The van der Waals surface area contributed by atoms with E-state index in [1.54, 1.807) is 0 Å². The first-order valence-corrected chi connectivity index (χ1v) is 16.3. The number of nitrogens with zero attached hydrogens (tertiary/aromatic N) is 3. The minimum absolute atomic E-state index is 0.0453. The third-order valence-electron chi connectivity index (χ3n) is 12.7. The van der Waals surface area contributed by atoms with Crippen LogP contribution in [0.5, 0.6) is 0 Å². The highest BCUT2D eigenvalue weighted by Gasteiger charge is 2.86. The summed E-state index contributed by atoms with van der Waals surface area (Å²) in [4.78, 5) is 34.3. The monoisotopic (exact) mass is 565 g/mol. The number of allylic oxidation sites excluding steroid dienone is 1. The smallest absolute Gasteiger partial charge is 0.315 e. The minimum atomic E-state index is -1.17. The lowest BCUT2D eigenvalue weighted by Gasteiger charge is -2.60. The van der Waals surface area contributed by atoms with E-state index in [4.69, 9.17) is 4.74 Å². The van der Waals surface area contributed by atoms with Gasteiger partial charge in [-0.3, -0.25) is 9.69 Å². The predicted molar refractivity (Wildman–Crippen MR) is 158 cm³/mol. The quantitative estimate of drug-likeness (QED) is 0.272. The highest BCUT2D eigenvalue weighted by atomic mass is 16.5. The molecular formula is C34H51N3O4. The van der Waals surface area contributed by atoms with Gasteiger partial charge in [-0.2, -0.15) is 0 Å². The van der Waals surface area contributed by atoms with Crippen LogP contribution in [0.15, 0.2) is 24.0 Å². The molecule has 1 N–H and O–H groups in total. The van der Waals surface area contributed by atoms with Crippen molar-refractivity contribution in [3.8, 4) is 0 Å². The van der Waals surface area contributed by atoms with Gasteiger partial charge >= 0.3 is 5.97 Å². The van der Waals surface area contributed by atoms with E-state index in [9.17, 15) is 14.7 Å². The van der Waals surface area contributed by atoms with Gasteiger partial charge in [0.25, 0.3) is 0 Å². The molecule has 0 amide bonds. The number of fused-ring (bicyclic) bond motifs is 2. The summed E-state index contributed by atoms with van der Waals surface area (Å²) < 4.78 is 9.29. The van der Waals surface area contributed by atoms with Gasteiger partial charge in [0.1, 0.15) is 17.5 Å². The number of imidazole rings is 1. The number of carbonyl (C=O) groups is 2. The maximum atomic E-state index is 14.0. The predicted octanol–water partition coefficient (Wildman–Crippen LogP) is 5.74. The van der Waals surface area contributed by atoms with E-state index in [1.807, 2.05) is 19.4 Å². The van der Waals surface area contributed by atoms with Crippen molar-refractivity contribution >= 4 is 12.3 Å². The first-order chi connectivity index (χ1) is 19.6. The van der Waals surface area contributed by atoms with Crippen molar-refractivity contribution in [2.45, 2.75) is 97.8 Å². The zero-order valence-corrected chi connectivity index (χ0v) is 26.0. The van der Waals surface area contributed by atoms with Crippen molar-refractivity contribution < 1.29 is 19.4 Å². The molecule has 5 aliphatic rings. The van der Waals surface area contributed by atoms with Crippen molar-refractivity contribution in [2.24, 2.45) is 58.8 Å². The summed E-state index contributed by atoms with van der Waals surface area (Å²) in [5.41, 5.74) is -1.55. The number of aldehydes is 1. The number of hydrogen-bond donors (Lipinski definition) is 1. The molecule has 226 valence electrons. The van der Waals surface area contributed by atoms with Crippen molar-refractivity contribution in [3.05, 3.63) is 29.9 Å². The SMILES string of the molecule is CCCCC1CC(C23C[C@@H]4[C@H](C)CC[C@H]4C4(C=O)CC2C=C(C(C)C)C34C(=O)O)OC1CN(C)Cc1nccn1C. The van der Waals surface area contributed by atoms with Crippen LogP contribution in [0.3, 0.4) is 0 Å². The summed E-state index contributed by atoms with van der Waals surface area (Å²) in [7, 11) is 4.17. The number of unbranched alkanes of at least 4 members (excludes halogenated alkanes) is 1. The molecule has 0 radical (unpaired) electrons. The van der Waals surface area contributed by atoms with Crippen LogP contribution in [-0.2, 0) is 27.9 Å². The van der Waals surface area contributed by atoms with Crippen molar-refractivity contribution in [2.75, 3.05) is 13.6 Å². The Bertz CT molecular complexity index is 1210. The molecule has 10 atom stereocenters. The molecule has 4 fully saturated rings. The van der Waals surface area contributed by atoms with Gasteiger partial charge in [0.15, 0.2) is 0 Å². The molecule has 4 bridgehead atoms. The topological polar surface area (TPSA) is 84.7 Å². The average molecular weight is 566 g/mol. The number of aromatic nitrogens is 2. The first-order valence-electron chi connectivity index (χ1n) is 16.3. The summed E-state index contributed by atoms with van der Waals surface area (Å²) in [6.45, 7) is 10.4. The highest BCUT2D eigenvalue weighted by Crippen LogP contribution is 2.84. The number of carboxylic acid groups (broad SMARTS) is 1. The van der Waals surface area contributed by atoms with E-state index in [0.29, 0.717) is 24.2 Å². The van der Waals surface area contributed by atoms with Crippen LogP contribution < -0.4 is 0 Å². The van der Waals surface area contributed by atoms with Crippen LogP contribution in [0.2, 0.25) is 0 Å². The Balaban J connectivity index is 1.40. The number of aryl methyl sites for hydroxylation is 1. The van der Waals surface area contributed by atoms with E-state index in [1.165, 1.54) is 0 Å². The second-order valence-corrected chi connectivity index (χ2v) is 14.8. The Hall–Kier alpha value is -1.99. The van der Waals surface area contributed by atoms with Gasteiger partial charge < -0.3 is 19.2 Å². The minimum Gasteiger partial charge on any atom is -0.481 e. The Morgan fingerprint density at radius 3 is 2.73 bits per heavy atom. The Morgan fingerprint density at radius 2 is 2.10 bits per heavy atom. The van der Waals surface area contributed by atoms with E-state index in [2.05, 4.69) is 55.3 Å². The van der Waals surface area contributed by atoms with E-state index < -0.39 is 22.2 Å².